The molecule has 4 aromatic rings. The zero-order valence-electron chi connectivity index (χ0n) is 14.4. The third-order valence-corrected chi connectivity index (χ3v) is 4.24. The van der Waals surface area contributed by atoms with E-state index in [2.05, 4.69) is 15.3 Å². The number of carbonyl (C=O) groups is 1. The third kappa shape index (κ3) is 3.67. The van der Waals surface area contributed by atoms with E-state index in [0.29, 0.717) is 27.9 Å². The molecule has 1 N–H and O–H groups in total. The lowest BCUT2D eigenvalue weighted by molar-refractivity contribution is 0.0952. The molecule has 1 amide bonds. The lowest BCUT2D eigenvalue weighted by atomic mass is 10.1. The summed E-state index contributed by atoms with van der Waals surface area (Å²) in [5.74, 6) is -0.580. The molecule has 5 heteroatoms. The van der Waals surface area contributed by atoms with Gasteiger partial charge in [-0.05, 0) is 35.9 Å². The van der Waals surface area contributed by atoms with Crippen LogP contribution < -0.4 is 5.32 Å². The van der Waals surface area contributed by atoms with Crippen molar-refractivity contribution >= 4 is 16.9 Å². The van der Waals surface area contributed by atoms with Crippen molar-refractivity contribution in [1.82, 2.24) is 15.3 Å². The number of pyridine rings is 2. The first kappa shape index (κ1) is 16.8. The first-order valence-electron chi connectivity index (χ1n) is 8.54. The number of hydrogen-bond donors (Lipinski definition) is 1. The van der Waals surface area contributed by atoms with Crippen molar-refractivity contribution in [2.45, 2.75) is 6.54 Å². The van der Waals surface area contributed by atoms with Gasteiger partial charge >= 0.3 is 0 Å². The molecule has 0 aliphatic heterocycles. The average Bonchev–Trinajstić information content (AvgIpc) is 2.72. The maximum absolute atomic E-state index is 13.3. The van der Waals surface area contributed by atoms with Crippen molar-refractivity contribution in [3.63, 3.8) is 0 Å². The summed E-state index contributed by atoms with van der Waals surface area (Å²) in [5.41, 5.74) is 3.28. The zero-order chi connectivity index (χ0) is 18.6. The highest BCUT2D eigenvalue weighted by Crippen LogP contribution is 2.23. The monoisotopic (exact) mass is 357 g/mol. The molecule has 0 atom stereocenters. The summed E-state index contributed by atoms with van der Waals surface area (Å²) in [4.78, 5) is 21.7. The number of carbonyl (C=O) groups excluding carboxylic acids is 1. The molecular formula is C22H16FN3O. The highest BCUT2D eigenvalue weighted by molar-refractivity contribution is 6.06. The average molecular weight is 357 g/mol. The first-order chi connectivity index (χ1) is 13.2. The Balaban J connectivity index is 1.70. The summed E-state index contributed by atoms with van der Waals surface area (Å²) in [6.45, 7) is 0.237. The van der Waals surface area contributed by atoms with Crippen LogP contribution in [0, 0.1) is 5.82 Å². The molecule has 27 heavy (non-hydrogen) atoms. The summed E-state index contributed by atoms with van der Waals surface area (Å²) in [7, 11) is 0. The molecule has 0 bridgehead atoms. The van der Waals surface area contributed by atoms with Crippen molar-refractivity contribution in [3.8, 4) is 11.3 Å². The number of benzene rings is 2. The van der Waals surface area contributed by atoms with Crippen LogP contribution in [0.1, 0.15) is 15.9 Å². The minimum atomic E-state index is -0.327. The number of fused-ring (bicyclic) bond motifs is 1. The molecule has 0 saturated carbocycles. The van der Waals surface area contributed by atoms with Crippen molar-refractivity contribution in [1.29, 1.82) is 0 Å². The standard InChI is InChI=1S/C22H16FN3O/c23-17-9-4-6-15(12-17)14-25-22(27)19-13-20(16-7-2-1-3-8-16)26-21-18(19)10-5-11-24-21/h1-13H,14H2,(H,25,27). The maximum Gasteiger partial charge on any atom is 0.252 e. The van der Waals surface area contributed by atoms with Gasteiger partial charge in [-0.25, -0.2) is 14.4 Å². The summed E-state index contributed by atoms with van der Waals surface area (Å²) >= 11 is 0. The number of aromatic nitrogens is 2. The number of rotatable bonds is 4. The molecule has 2 aromatic heterocycles. The van der Waals surface area contributed by atoms with Crippen LogP contribution in [0.4, 0.5) is 4.39 Å². The Morgan fingerprint density at radius 1 is 0.963 bits per heavy atom. The van der Waals surface area contributed by atoms with Gasteiger partial charge < -0.3 is 5.32 Å². The van der Waals surface area contributed by atoms with Crippen LogP contribution in [0.25, 0.3) is 22.3 Å². The van der Waals surface area contributed by atoms with Gasteiger partial charge in [0.25, 0.3) is 5.91 Å². The Hall–Kier alpha value is -3.60. The van der Waals surface area contributed by atoms with Crippen LogP contribution in [0.15, 0.2) is 79.0 Å². The second-order valence-electron chi connectivity index (χ2n) is 6.11. The summed E-state index contributed by atoms with van der Waals surface area (Å²) < 4.78 is 13.3. The van der Waals surface area contributed by atoms with Gasteiger partial charge in [-0.3, -0.25) is 4.79 Å². The minimum Gasteiger partial charge on any atom is -0.348 e. The molecule has 0 aliphatic rings. The molecule has 132 valence electrons. The van der Waals surface area contributed by atoms with E-state index in [4.69, 9.17) is 0 Å². The molecule has 0 fully saturated rings. The van der Waals surface area contributed by atoms with Gasteiger partial charge in [0.05, 0.1) is 11.3 Å². The van der Waals surface area contributed by atoms with Crippen LogP contribution in [-0.2, 0) is 6.54 Å². The molecule has 2 heterocycles. The van der Waals surface area contributed by atoms with Crippen LogP contribution in [0.3, 0.4) is 0 Å². The SMILES string of the molecule is O=C(NCc1cccc(F)c1)c1cc(-c2ccccc2)nc2ncccc12. The van der Waals surface area contributed by atoms with Gasteiger partial charge in [0, 0.05) is 23.7 Å². The minimum absolute atomic E-state index is 0.237. The van der Waals surface area contributed by atoms with Gasteiger partial charge in [-0.15, -0.1) is 0 Å². The molecule has 0 spiro atoms. The summed E-state index contributed by atoms with van der Waals surface area (Å²) in [5, 5.41) is 3.53. The number of hydrogen-bond acceptors (Lipinski definition) is 3. The molecule has 4 nitrogen and oxygen atoms in total. The highest BCUT2D eigenvalue weighted by atomic mass is 19.1. The number of halogens is 1. The summed E-state index contributed by atoms with van der Waals surface area (Å²) in [6.07, 6.45) is 1.65. The molecule has 4 rings (SSSR count). The van der Waals surface area contributed by atoms with Crippen molar-refractivity contribution in [3.05, 3.63) is 95.9 Å². The fourth-order valence-corrected chi connectivity index (χ4v) is 2.93. The van der Waals surface area contributed by atoms with E-state index in [9.17, 15) is 9.18 Å². The van der Waals surface area contributed by atoms with Crippen molar-refractivity contribution < 1.29 is 9.18 Å². The topological polar surface area (TPSA) is 54.9 Å². The molecule has 0 unspecified atom stereocenters. The maximum atomic E-state index is 13.3. The summed E-state index contributed by atoms with van der Waals surface area (Å²) in [6, 6.07) is 21.2. The molecular weight excluding hydrogens is 341 g/mol. The van der Waals surface area contributed by atoms with Crippen molar-refractivity contribution in [2.75, 3.05) is 0 Å². The van der Waals surface area contributed by atoms with Crippen LogP contribution in [-0.4, -0.2) is 15.9 Å². The van der Waals surface area contributed by atoms with Gasteiger partial charge in [-0.1, -0.05) is 42.5 Å². The number of nitrogens with one attached hydrogen (secondary N) is 1. The van der Waals surface area contributed by atoms with Gasteiger partial charge in [-0.2, -0.15) is 0 Å². The Morgan fingerprint density at radius 2 is 1.81 bits per heavy atom. The molecule has 0 radical (unpaired) electrons. The second-order valence-corrected chi connectivity index (χ2v) is 6.11. The fourth-order valence-electron chi connectivity index (χ4n) is 2.93. The first-order valence-corrected chi connectivity index (χ1v) is 8.54. The zero-order valence-corrected chi connectivity index (χ0v) is 14.4. The largest absolute Gasteiger partial charge is 0.348 e. The Labute approximate surface area is 155 Å². The molecule has 0 aliphatic carbocycles. The highest BCUT2D eigenvalue weighted by Gasteiger charge is 2.14. The fraction of sp³-hybridized carbons (Fsp3) is 0.0455. The van der Waals surface area contributed by atoms with E-state index in [0.717, 1.165) is 5.56 Å². The lowest BCUT2D eigenvalue weighted by Crippen LogP contribution is -2.23. The smallest absolute Gasteiger partial charge is 0.252 e. The van der Waals surface area contributed by atoms with E-state index < -0.39 is 0 Å². The van der Waals surface area contributed by atoms with Crippen molar-refractivity contribution in [2.24, 2.45) is 0 Å². The van der Waals surface area contributed by atoms with Crippen LogP contribution >= 0.6 is 0 Å². The van der Waals surface area contributed by atoms with E-state index in [1.54, 1.807) is 30.5 Å². The Morgan fingerprint density at radius 3 is 2.63 bits per heavy atom. The molecule has 0 saturated heterocycles. The predicted octanol–water partition coefficient (Wildman–Crippen LogP) is 4.37. The normalized spacial score (nSPS) is 10.7. The second kappa shape index (κ2) is 7.33. The van der Waals surface area contributed by atoms with E-state index in [-0.39, 0.29) is 18.3 Å². The third-order valence-electron chi connectivity index (χ3n) is 4.24. The lowest BCUT2D eigenvalue weighted by Gasteiger charge is -2.10. The van der Waals surface area contributed by atoms with Gasteiger partial charge in [0.1, 0.15) is 5.82 Å². The van der Waals surface area contributed by atoms with E-state index in [1.165, 1.54) is 12.1 Å². The number of amides is 1. The van der Waals surface area contributed by atoms with E-state index in [1.807, 2.05) is 36.4 Å². The van der Waals surface area contributed by atoms with Crippen LogP contribution in [0.2, 0.25) is 0 Å². The Bertz CT molecular complexity index is 1110. The predicted molar refractivity (Wildman–Crippen MR) is 103 cm³/mol. The van der Waals surface area contributed by atoms with E-state index >= 15 is 0 Å². The molecule has 2 aromatic carbocycles. The quantitative estimate of drug-likeness (QED) is 0.590. The van der Waals surface area contributed by atoms with Gasteiger partial charge in [0.15, 0.2) is 5.65 Å². The number of nitrogens with zero attached hydrogens (tertiary/aromatic N) is 2. The Kier molecular flexibility index (Phi) is 4.58. The van der Waals surface area contributed by atoms with Gasteiger partial charge in [0.2, 0.25) is 0 Å². The van der Waals surface area contributed by atoms with Crippen LogP contribution in [0.5, 0.6) is 0 Å².